The lowest BCUT2D eigenvalue weighted by Crippen LogP contribution is -2.25. The average Bonchev–Trinajstić information content (AvgIpc) is 3.04. The van der Waals surface area contributed by atoms with Crippen LogP contribution in [0.25, 0.3) is 5.69 Å². The Morgan fingerprint density at radius 3 is 2.15 bits per heavy atom. The van der Waals surface area contributed by atoms with E-state index < -0.39 is 14.9 Å². The molecule has 0 saturated carbocycles. The van der Waals surface area contributed by atoms with Crippen LogP contribution in [-0.2, 0) is 10.0 Å². The van der Waals surface area contributed by atoms with E-state index in [-0.39, 0.29) is 15.4 Å². The topological polar surface area (TPSA) is 107 Å². The number of non-ortho nitro benzene ring substituents is 1. The number of benzene rings is 2. The second-order valence-electron chi connectivity index (χ2n) is 5.44. The van der Waals surface area contributed by atoms with Gasteiger partial charge in [0.2, 0.25) is 9.60 Å². The van der Waals surface area contributed by atoms with Gasteiger partial charge in [-0.2, -0.15) is 8.42 Å². The number of sulfonamides is 1. The van der Waals surface area contributed by atoms with E-state index in [0.29, 0.717) is 10.5 Å². The molecule has 1 heterocycles. The molecule has 0 N–H and O–H groups in total. The molecule has 0 radical (unpaired) electrons. The summed E-state index contributed by atoms with van der Waals surface area (Å²) < 4.78 is 30.8. The van der Waals surface area contributed by atoms with Gasteiger partial charge in [0.25, 0.3) is 15.7 Å². The molecule has 0 aliphatic rings. The predicted molar refractivity (Wildman–Crippen MR) is 104 cm³/mol. The molecule has 2 aromatic carbocycles. The van der Waals surface area contributed by atoms with Crippen LogP contribution in [0.15, 0.2) is 62.8 Å². The number of nitro groups is 1. The lowest BCUT2D eigenvalue weighted by molar-refractivity contribution is -0.384. The van der Waals surface area contributed by atoms with Crippen LogP contribution in [0, 0.1) is 17.0 Å². The monoisotopic (exact) mass is 422 g/mol. The quantitative estimate of drug-likeness (QED) is 0.366. The Kier molecular flexibility index (Phi) is 5.35. The van der Waals surface area contributed by atoms with Gasteiger partial charge in [-0.15, -0.1) is 4.40 Å². The van der Waals surface area contributed by atoms with Gasteiger partial charge >= 0.3 is 0 Å². The molecule has 140 valence electrons. The molecular weight excluding hydrogens is 408 g/mol. The summed E-state index contributed by atoms with van der Waals surface area (Å²) in [7, 11) is 0.104. The maximum atomic E-state index is 12.6. The number of aryl methyl sites for hydroxylation is 1. The normalized spacial score (nSPS) is 13.1. The highest BCUT2D eigenvalue weighted by molar-refractivity contribution is 7.90. The van der Waals surface area contributed by atoms with Crippen molar-refractivity contribution in [3.05, 3.63) is 73.8 Å². The van der Waals surface area contributed by atoms with E-state index in [0.717, 1.165) is 15.9 Å². The van der Waals surface area contributed by atoms with E-state index >= 15 is 0 Å². The molecule has 0 spiro atoms. The Bertz CT molecular complexity index is 1220. The lowest BCUT2D eigenvalue weighted by Gasteiger charge is -2.03. The summed E-state index contributed by atoms with van der Waals surface area (Å²) >= 11 is 0. The summed E-state index contributed by atoms with van der Waals surface area (Å²) in [4.78, 5) is 15.3. The highest BCUT2D eigenvalue weighted by Gasteiger charge is 2.15. The Morgan fingerprint density at radius 1 is 1.00 bits per heavy atom. The number of hydrogen-bond donors (Lipinski definition) is 0. The minimum absolute atomic E-state index is 0.0565. The molecule has 0 fully saturated rings. The van der Waals surface area contributed by atoms with Crippen molar-refractivity contribution in [2.75, 3.05) is 7.05 Å². The van der Waals surface area contributed by atoms with Crippen molar-refractivity contribution in [2.24, 2.45) is 9.39 Å². The number of hydrogen-bond acceptors (Lipinski definition) is 7. The molecule has 3 aromatic rings. The van der Waals surface area contributed by atoms with E-state index in [1.54, 1.807) is 23.7 Å². The van der Waals surface area contributed by atoms with Gasteiger partial charge in [-0.05, 0) is 51.9 Å². The van der Waals surface area contributed by atoms with Gasteiger partial charge in [0.05, 0.1) is 15.5 Å². The molecule has 0 amide bonds. The zero-order valence-electron chi connectivity index (χ0n) is 14.3. The molecular formula is C16H14N4O4S3. The summed E-state index contributed by atoms with van der Waals surface area (Å²) in [5, 5.41) is 10.8. The standard InChI is InChI=1S/C16H14N4O4S3/c1-11-3-9-14(10-4-11)27(23,24)18-16-19(15(17-2)25-26-16)12-5-7-13(8-6-12)20(21)22/h3-10H,1-2H3/b17-15?,18-16-. The van der Waals surface area contributed by atoms with Gasteiger partial charge in [0.15, 0.2) is 0 Å². The largest absolute Gasteiger partial charge is 0.285 e. The maximum Gasteiger partial charge on any atom is 0.285 e. The molecule has 8 nitrogen and oxygen atoms in total. The number of nitro benzene ring substituents is 1. The number of nitrogens with zero attached hydrogens (tertiary/aromatic N) is 4. The van der Waals surface area contributed by atoms with Crippen molar-refractivity contribution < 1.29 is 13.3 Å². The molecule has 0 atom stereocenters. The van der Waals surface area contributed by atoms with Crippen molar-refractivity contribution >= 4 is 36.4 Å². The molecule has 0 aliphatic heterocycles. The summed E-state index contributed by atoms with van der Waals surface area (Å²) in [6.07, 6.45) is 0. The van der Waals surface area contributed by atoms with E-state index in [1.807, 2.05) is 6.92 Å². The van der Waals surface area contributed by atoms with Crippen molar-refractivity contribution in [3.63, 3.8) is 0 Å². The van der Waals surface area contributed by atoms with Gasteiger partial charge < -0.3 is 0 Å². The average molecular weight is 423 g/mol. The van der Waals surface area contributed by atoms with Crippen LogP contribution in [0.5, 0.6) is 0 Å². The van der Waals surface area contributed by atoms with Crippen LogP contribution in [0.1, 0.15) is 5.56 Å². The molecule has 0 bridgehead atoms. The van der Waals surface area contributed by atoms with Gasteiger partial charge in [0, 0.05) is 19.2 Å². The molecule has 0 saturated heterocycles. The summed E-state index contributed by atoms with van der Waals surface area (Å²) in [6.45, 7) is 1.87. The second-order valence-corrected chi connectivity index (χ2v) is 9.11. The number of aromatic nitrogens is 1. The highest BCUT2D eigenvalue weighted by Crippen LogP contribution is 2.16. The maximum absolute atomic E-state index is 12.6. The zero-order valence-corrected chi connectivity index (χ0v) is 16.7. The van der Waals surface area contributed by atoms with Crippen LogP contribution in [0.2, 0.25) is 0 Å². The highest BCUT2D eigenvalue weighted by atomic mass is 32.9. The molecule has 3 rings (SSSR count). The second kappa shape index (κ2) is 7.55. The van der Waals surface area contributed by atoms with Crippen molar-refractivity contribution in [1.29, 1.82) is 0 Å². The van der Waals surface area contributed by atoms with Crippen LogP contribution in [0.3, 0.4) is 0 Å². The third kappa shape index (κ3) is 4.04. The van der Waals surface area contributed by atoms with Gasteiger partial charge in [-0.25, -0.2) is 0 Å². The van der Waals surface area contributed by atoms with Crippen molar-refractivity contribution in [3.8, 4) is 5.69 Å². The van der Waals surface area contributed by atoms with Crippen LogP contribution in [0.4, 0.5) is 5.69 Å². The first-order valence-electron chi connectivity index (χ1n) is 7.59. The predicted octanol–water partition coefficient (Wildman–Crippen LogP) is 2.64. The van der Waals surface area contributed by atoms with Gasteiger partial charge in [-0.3, -0.25) is 19.7 Å². The van der Waals surface area contributed by atoms with Gasteiger partial charge in [0.1, 0.15) is 0 Å². The fourth-order valence-electron chi connectivity index (χ4n) is 2.23. The third-order valence-corrected chi connectivity index (χ3v) is 7.16. The first kappa shape index (κ1) is 19.1. The van der Waals surface area contributed by atoms with Crippen molar-refractivity contribution in [2.45, 2.75) is 11.8 Å². The summed E-state index contributed by atoms with van der Waals surface area (Å²) in [5.41, 5.74) is 1.43. The Morgan fingerprint density at radius 2 is 1.59 bits per heavy atom. The molecule has 1 aromatic heterocycles. The Balaban J connectivity index is 2.18. The molecule has 0 aliphatic carbocycles. The minimum atomic E-state index is -3.91. The lowest BCUT2D eigenvalue weighted by atomic mass is 10.2. The van der Waals surface area contributed by atoms with Crippen LogP contribution < -0.4 is 9.60 Å². The zero-order chi connectivity index (χ0) is 19.6. The van der Waals surface area contributed by atoms with E-state index in [1.165, 1.54) is 46.7 Å². The van der Waals surface area contributed by atoms with Crippen LogP contribution >= 0.6 is 20.7 Å². The minimum Gasteiger partial charge on any atom is -0.261 e. The van der Waals surface area contributed by atoms with Crippen molar-refractivity contribution in [1.82, 2.24) is 4.57 Å². The molecule has 11 heteroatoms. The smallest absolute Gasteiger partial charge is 0.261 e. The summed E-state index contributed by atoms with van der Waals surface area (Å²) in [5.74, 6) is 0. The summed E-state index contributed by atoms with van der Waals surface area (Å²) in [6, 6.07) is 12.2. The van der Waals surface area contributed by atoms with Crippen LogP contribution in [-0.4, -0.2) is 25.0 Å². The van der Waals surface area contributed by atoms with Gasteiger partial charge in [-0.1, -0.05) is 17.7 Å². The van der Waals surface area contributed by atoms with E-state index in [2.05, 4.69) is 9.39 Å². The fourth-order valence-corrected chi connectivity index (χ4v) is 5.73. The SMILES string of the molecule is CN=c1ss/c(=N\S(=O)(=O)c2ccc(C)cc2)n1-c1ccc([N+](=O)[O-])cc1. The first-order valence-corrected chi connectivity index (χ1v) is 11.2. The number of rotatable bonds is 4. The third-order valence-electron chi connectivity index (χ3n) is 3.60. The fraction of sp³-hybridized carbons (Fsp3) is 0.125. The first-order chi connectivity index (χ1) is 12.8. The van der Waals surface area contributed by atoms with E-state index in [4.69, 9.17) is 0 Å². The molecule has 27 heavy (non-hydrogen) atoms. The Labute approximate surface area is 162 Å². The Hall–Kier alpha value is -2.63. The molecule has 0 unspecified atom stereocenters. The van der Waals surface area contributed by atoms with E-state index in [9.17, 15) is 18.5 Å².